The quantitative estimate of drug-likeness (QED) is 0.713. The van der Waals surface area contributed by atoms with E-state index in [-0.39, 0.29) is 11.8 Å². The van der Waals surface area contributed by atoms with Crippen molar-refractivity contribution in [2.45, 2.75) is 33.1 Å². The topological polar surface area (TPSA) is 59.2 Å². The first-order chi connectivity index (χ1) is 12.5. The highest BCUT2D eigenvalue weighted by molar-refractivity contribution is 5.97. The molecule has 2 heterocycles. The molecule has 2 aromatic carbocycles. The number of carbonyl (C=O) groups excluding carboxylic acids is 1. The van der Waals surface area contributed by atoms with E-state index in [1.54, 1.807) is 0 Å². The number of amides is 1. The molecule has 5 heteroatoms. The molecular weight excluding hydrogens is 326 g/mol. The van der Waals surface area contributed by atoms with Crippen LogP contribution >= 0.6 is 0 Å². The molecule has 0 saturated carbocycles. The van der Waals surface area contributed by atoms with Gasteiger partial charge in [-0.05, 0) is 38.0 Å². The number of hydrogen-bond donors (Lipinski definition) is 0. The van der Waals surface area contributed by atoms with Crippen LogP contribution in [-0.2, 0) is 4.79 Å². The molecule has 1 aromatic heterocycles. The lowest BCUT2D eigenvalue weighted by atomic mass is 10.1. The van der Waals surface area contributed by atoms with Gasteiger partial charge in [0.05, 0.1) is 5.92 Å². The Kier molecular flexibility index (Phi) is 4.07. The summed E-state index contributed by atoms with van der Waals surface area (Å²) in [6.45, 7) is 6.67. The second-order valence-electron chi connectivity index (χ2n) is 7.02. The van der Waals surface area contributed by atoms with Crippen LogP contribution in [0.25, 0.3) is 11.4 Å². The summed E-state index contributed by atoms with van der Waals surface area (Å²) in [5.74, 6) is 1.12. The lowest BCUT2D eigenvalue weighted by Gasteiger charge is -2.19. The Balaban J connectivity index is 1.58. The zero-order valence-electron chi connectivity index (χ0n) is 15.2. The second kappa shape index (κ2) is 6.41. The summed E-state index contributed by atoms with van der Waals surface area (Å²) < 4.78 is 5.48. The van der Waals surface area contributed by atoms with E-state index in [1.807, 2.05) is 56.0 Å². The van der Waals surface area contributed by atoms with E-state index in [9.17, 15) is 4.79 Å². The largest absolute Gasteiger partial charge is 0.339 e. The van der Waals surface area contributed by atoms with Gasteiger partial charge in [-0.1, -0.05) is 47.1 Å². The van der Waals surface area contributed by atoms with Gasteiger partial charge in [-0.25, -0.2) is 0 Å². The van der Waals surface area contributed by atoms with E-state index < -0.39 is 0 Å². The van der Waals surface area contributed by atoms with E-state index in [2.05, 4.69) is 22.3 Å². The van der Waals surface area contributed by atoms with Crippen LogP contribution in [0.5, 0.6) is 0 Å². The molecule has 5 nitrogen and oxygen atoms in total. The summed E-state index contributed by atoms with van der Waals surface area (Å²) in [6.07, 6.45) is 0.392. The van der Waals surface area contributed by atoms with Crippen LogP contribution in [0.1, 0.15) is 34.9 Å². The Morgan fingerprint density at radius 2 is 1.77 bits per heavy atom. The molecule has 1 atom stereocenters. The maximum Gasteiger partial charge on any atom is 0.232 e. The van der Waals surface area contributed by atoms with Gasteiger partial charge < -0.3 is 9.42 Å². The monoisotopic (exact) mass is 347 g/mol. The molecule has 0 N–H and O–H groups in total. The first-order valence-electron chi connectivity index (χ1n) is 8.79. The number of hydrogen-bond acceptors (Lipinski definition) is 4. The lowest BCUT2D eigenvalue weighted by molar-refractivity contribution is -0.117. The van der Waals surface area contributed by atoms with Gasteiger partial charge in [0.25, 0.3) is 0 Å². The smallest absolute Gasteiger partial charge is 0.232 e. The van der Waals surface area contributed by atoms with Crippen LogP contribution in [0.4, 0.5) is 5.69 Å². The van der Waals surface area contributed by atoms with Crippen molar-refractivity contribution in [2.75, 3.05) is 11.4 Å². The van der Waals surface area contributed by atoms with Crippen LogP contribution in [-0.4, -0.2) is 22.6 Å². The standard InChI is InChI=1S/C21H21N3O2/c1-13-5-8-16(9-6-13)20-22-21(26-23-20)17-11-19(25)24(12-17)18-10-14(2)4-7-15(18)3/h4-10,17H,11-12H2,1-3H3/t17-/m1/s1. The summed E-state index contributed by atoms with van der Waals surface area (Å²) in [4.78, 5) is 18.9. The molecule has 26 heavy (non-hydrogen) atoms. The van der Waals surface area contributed by atoms with Crippen LogP contribution in [0.2, 0.25) is 0 Å². The third-order valence-electron chi connectivity index (χ3n) is 4.88. The lowest BCUT2D eigenvalue weighted by Crippen LogP contribution is -2.25. The Labute approximate surface area is 152 Å². The summed E-state index contributed by atoms with van der Waals surface area (Å²) in [5, 5.41) is 4.10. The molecule has 1 aliphatic rings. The van der Waals surface area contributed by atoms with Crippen molar-refractivity contribution in [2.24, 2.45) is 0 Å². The van der Waals surface area contributed by atoms with E-state index in [4.69, 9.17) is 4.52 Å². The predicted octanol–water partition coefficient (Wildman–Crippen LogP) is 4.18. The third-order valence-corrected chi connectivity index (χ3v) is 4.88. The van der Waals surface area contributed by atoms with Crippen LogP contribution < -0.4 is 4.90 Å². The molecule has 0 aliphatic carbocycles. The Hall–Kier alpha value is -2.95. The molecule has 4 rings (SSSR count). The molecule has 0 unspecified atom stereocenters. The summed E-state index contributed by atoms with van der Waals surface area (Å²) >= 11 is 0. The summed E-state index contributed by atoms with van der Waals surface area (Å²) in [6, 6.07) is 14.2. The Bertz CT molecular complexity index is 960. The first-order valence-corrected chi connectivity index (χ1v) is 8.79. The maximum absolute atomic E-state index is 12.6. The SMILES string of the molecule is Cc1ccc(-c2noc([C@@H]3CC(=O)N(c4cc(C)ccc4C)C3)n2)cc1. The molecular formula is C21H21N3O2. The number of aromatic nitrogens is 2. The van der Waals surface area contributed by atoms with Gasteiger partial charge in [0, 0.05) is 24.2 Å². The van der Waals surface area contributed by atoms with Crippen LogP contribution in [0.3, 0.4) is 0 Å². The Morgan fingerprint density at radius 1 is 1.04 bits per heavy atom. The highest BCUT2D eigenvalue weighted by atomic mass is 16.5. The minimum Gasteiger partial charge on any atom is -0.339 e. The summed E-state index contributed by atoms with van der Waals surface area (Å²) in [7, 11) is 0. The molecule has 1 amide bonds. The van der Waals surface area contributed by atoms with E-state index >= 15 is 0 Å². The van der Waals surface area contributed by atoms with E-state index in [1.165, 1.54) is 5.56 Å². The van der Waals surface area contributed by atoms with Crippen molar-refractivity contribution in [1.29, 1.82) is 0 Å². The molecule has 0 bridgehead atoms. The fourth-order valence-corrected chi connectivity index (χ4v) is 3.34. The Morgan fingerprint density at radius 3 is 2.54 bits per heavy atom. The fourth-order valence-electron chi connectivity index (χ4n) is 3.34. The average molecular weight is 347 g/mol. The number of carbonyl (C=O) groups is 1. The molecule has 1 fully saturated rings. The number of nitrogens with zero attached hydrogens (tertiary/aromatic N) is 3. The van der Waals surface area contributed by atoms with Crippen LogP contribution in [0.15, 0.2) is 47.0 Å². The molecule has 0 radical (unpaired) electrons. The molecule has 132 valence electrons. The zero-order valence-corrected chi connectivity index (χ0v) is 15.2. The molecule has 3 aromatic rings. The van der Waals surface area contributed by atoms with Gasteiger partial charge in [0.1, 0.15) is 0 Å². The molecule has 1 saturated heterocycles. The first kappa shape index (κ1) is 16.5. The van der Waals surface area contributed by atoms with Crippen LogP contribution in [0, 0.1) is 20.8 Å². The average Bonchev–Trinajstić information content (AvgIpc) is 3.25. The van der Waals surface area contributed by atoms with Gasteiger partial charge in [0.15, 0.2) is 0 Å². The third kappa shape index (κ3) is 3.01. The number of anilines is 1. The minimum absolute atomic E-state index is 0.0749. The highest BCUT2D eigenvalue weighted by Gasteiger charge is 2.35. The van der Waals surface area contributed by atoms with Gasteiger partial charge in [0.2, 0.25) is 17.6 Å². The minimum atomic E-state index is -0.0749. The van der Waals surface area contributed by atoms with Crippen molar-refractivity contribution in [3.05, 3.63) is 65.0 Å². The van der Waals surface area contributed by atoms with Crippen molar-refractivity contribution in [3.63, 3.8) is 0 Å². The van der Waals surface area contributed by atoms with Gasteiger partial charge in [-0.3, -0.25) is 4.79 Å². The zero-order chi connectivity index (χ0) is 18.3. The maximum atomic E-state index is 12.6. The second-order valence-corrected chi connectivity index (χ2v) is 7.02. The van der Waals surface area contributed by atoms with Crippen molar-refractivity contribution in [3.8, 4) is 11.4 Å². The van der Waals surface area contributed by atoms with Crippen molar-refractivity contribution >= 4 is 11.6 Å². The normalized spacial score (nSPS) is 17.1. The number of benzene rings is 2. The predicted molar refractivity (Wildman–Crippen MR) is 100 cm³/mol. The molecule has 0 spiro atoms. The molecule has 1 aliphatic heterocycles. The fraction of sp³-hybridized carbons (Fsp3) is 0.286. The van der Waals surface area contributed by atoms with Gasteiger partial charge >= 0.3 is 0 Å². The van der Waals surface area contributed by atoms with E-state index in [0.29, 0.717) is 24.7 Å². The van der Waals surface area contributed by atoms with Gasteiger partial charge in [-0.2, -0.15) is 4.98 Å². The van der Waals surface area contributed by atoms with E-state index in [0.717, 1.165) is 22.4 Å². The number of aryl methyl sites for hydroxylation is 3. The summed E-state index contributed by atoms with van der Waals surface area (Å²) in [5.41, 5.74) is 5.30. The van der Waals surface area contributed by atoms with Crippen molar-refractivity contribution in [1.82, 2.24) is 10.1 Å². The van der Waals surface area contributed by atoms with Gasteiger partial charge in [-0.15, -0.1) is 0 Å². The highest BCUT2D eigenvalue weighted by Crippen LogP contribution is 2.33. The van der Waals surface area contributed by atoms with Crippen molar-refractivity contribution < 1.29 is 9.32 Å². The number of rotatable bonds is 3.